The molecule has 3 aromatic carbocycles. The van der Waals surface area contributed by atoms with Crippen LogP contribution in [0.1, 0.15) is 36.0 Å². The molecule has 0 radical (unpaired) electrons. The number of hydrogen-bond acceptors (Lipinski definition) is 1. The molecule has 150 valence electrons. The maximum absolute atomic E-state index is 11.7. The molecule has 30 heavy (non-hydrogen) atoms. The minimum absolute atomic E-state index is 0.779. The molecule has 1 fully saturated rings. The Hall–Kier alpha value is -2.86. The molecule has 0 atom stereocenters. The van der Waals surface area contributed by atoms with E-state index in [9.17, 15) is 5.11 Å². The number of likely N-dealkylation sites (tertiary alicyclic amines) is 1. The number of nitrogens with zero attached hydrogens (tertiary/aromatic N) is 1. The van der Waals surface area contributed by atoms with Crippen molar-refractivity contribution in [2.24, 2.45) is 0 Å². The standard InChI is InChI=1S/C28H28NO/c30-28(26-16-7-5-14-24(26)25-15-6-8-17-27(25)28)18-11-21-29(19-9-2-10-20-29)22-23-12-3-1-4-13-23/h1,3-8,12-17,30H,2,9-10,19-22H2/q+1. The van der Waals surface area contributed by atoms with Crippen molar-refractivity contribution in [1.29, 1.82) is 0 Å². The van der Waals surface area contributed by atoms with E-state index in [0.717, 1.165) is 52.9 Å². The van der Waals surface area contributed by atoms with Crippen molar-refractivity contribution < 1.29 is 9.59 Å². The third kappa shape index (κ3) is 3.35. The Morgan fingerprint density at radius 1 is 0.733 bits per heavy atom. The summed E-state index contributed by atoms with van der Waals surface area (Å²) in [6.45, 7) is 4.12. The maximum atomic E-state index is 11.7. The molecule has 2 nitrogen and oxygen atoms in total. The SMILES string of the molecule is OC1(C#CC[N+]2(Cc3ccccc3)CCCCC2)c2ccccc2-c2ccccc21. The summed E-state index contributed by atoms with van der Waals surface area (Å²) >= 11 is 0. The molecule has 0 aromatic heterocycles. The van der Waals surface area contributed by atoms with Crippen LogP contribution in [0.2, 0.25) is 0 Å². The highest BCUT2D eigenvalue weighted by Crippen LogP contribution is 2.46. The topological polar surface area (TPSA) is 20.2 Å². The van der Waals surface area contributed by atoms with Crippen molar-refractivity contribution in [3.8, 4) is 23.0 Å². The smallest absolute Gasteiger partial charge is 0.178 e. The first-order valence-electron chi connectivity index (χ1n) is 11.0. The summed E-state index contributed by atoms with van der Waals surface area (Å²) in [5.74, 6) is 6.77. The molecule has 2 aliphatic rings. The van der Waals surface area contributed by atoms with Crippen molar-refractivity contribution in [3.05, 3.63) is 95.6 Å². The number of quaternary nitrogens is 1. The summed E-state index contributed by atoms with van der Waals surface area (Å²) in [4.78, 5) is 0. The van der Waals surface area contributed by atoms with E-state index >= 15 is 0 Å². The highest BCUT2D eigenvalue weighted by molar-refractivity contribution is 5.81. The first-order valence-corrected chi connectivity index (χ1v) is 11.0. The molecule has 0 saturated carbocycles. The van der Waals surface area contributed by atoms with Gasteiger partial charge in [0.05, 0.1) is 13.1 Å². The van der Waals surface area contributed by atoms with Crippen LogP contribution in [0.25, 0.3) is 11.1 Å². The van der Waals surface area contributed by atoms with Gasteiger partial charge in [-0.15, -0.1) is 0 Å². The summed E-state index contributed by atoms with van der Waals surface area (Å²) in [5.41, 5.74) is 4.15. The lowest BCUT2D eigenvalue weighted by atomic mass is 9.92. The Morgan fingerprint density at radius 2 is 1.30 bits per heavy atom. The van der Waals surface area contributed by atoms with Crippen molar-refractivity contribution in [1.82, 2.24) is 0 Å². The second kappa shape index (κ2) is 7.76. The molecule has 0 amide bonds. The van der Waals surface area contributed by atoms with Gasteiger partial charge in [-0.05, 0) is 36.3 Å². The van der Waals surface area contributed by atoms with Crippen LogP contribution in [-0.2, 0) is 12.1 Å². The van der Waals surface area contributed by atoms with Crippen molar-refractivity contribution in [3.63, 3.8) is 0 Å². The summed E-state index contributed by atoms with van der Waals surface area (Å²) < 4.78 is 0.996. The van der Waals surface area contributed by atoms with Crippen molar-refractivity contribution >= 4 is 0 Å². The van der Waals surface area contributed by atoms with Crippen LogP contribution < -0.4 is 0 Å². The predicted octanol–water partition coefficient (Wildman–Crippen LogP) is 5.11. The molecule has 1 aliphatic carbocycles. The number of rotatable bonds is 3. The molecule has 3 aromatic rings. The maximum Gasteiger partial charge on any atom is 0.178 e. The van der Waals surface area contributed by atoms with Crippen LogP contribution in [0.15, 0.2) is 78.9 Å². The average Bonchev–Trinajstić information content (AvgIpc) is 3.04. The Labute approximate surface area is 179 Å². The van der Waals surface area contributed by atoms with Gasteiger partial charge in [0.2, 0.25) is 0 Å². The van der Waals surface area contributed by atoms with E-state index in [2.05, 4.69) is 54.3 Å². The van der Waals surface area contributed by atoms with Gasteiger partial charge in [-0.2, -0.15) is 0 Å². The normalized spacial score (nSPS) is 18.0. The van der Waals surface area contributed by atoms with E-state index in [1.165, 1.54) is 24.8 Å². The van der Waals surface area contributed by atoms with Gasteiger partial charge in [0, 0.05) is 16.7 Å². The lowest BCUT2D eigenvalue weighted by molar-refractivity contribution is -0.938. The zero-order valence-electron chi connectivity index (χ0n) is 17.3. The lowest BCUT2D eigenvalue weighted by Crippen LogP contribution is -2.51. The van der Waals surface area contributed by atoms with Gasteiger partial charge in [0.15, 0.2) is 5.60 Å². The number of hydrogen-bond donors (Lipinski definition) is 1. The summed E-state index contributed by atoms with van der Waals surface area (Å²) in [7, 11) is 0. The van der Waals surface area contributed by atoms with Crippen LogP contribution in [0.4, 0.5) is 0 Å². The highest BCUT2D eigenvalue weighted by atomic mass is 16.3. The first-order chi connectivity index (χ1) is 14.7. The van der Waals surface area contributed by atoms with E-state index in [1.54, 1.807) is 0 Å². The Balaban J connectivity index is 1.48. The first kappa shape index (κ1) is 19.1. The van der Waals surface area contributed by atoms with E-state index in [4.69, 9.17) is 0 Å². The molecule has 0 unspecified atom stereocenters. The molecule has 0 bridgehead atoms. The summed E-state index contributed by atoms with van der Waals surface area (Å²) in [6, 6.07) is 27.0. The van der Waals surface area contributed by atoms with Crippen LogP contribution in [-0.4, -0.2) is 29.2 Å². The van der Waals surface area contributed by atoms with E-state index in [1.807, 2.05) is 36.4 Å². The molecule has 1 N–H and O–H groups in total. The molecule has 1 saturated heterocycles. The zero-order valence-corrected chi connectivity index (χ0v) is 17.3. The van der Waals surface area contributed by atoms with Crippen LogP contribution >= 0.6 is 0 Å². The number of benzene rings is 3. The molecule has 1 aliphatic heterocycles. The third-order valence-electron chi connectivity index (χ3n) is 6.73. The molecule has 1 heterocycles. The average molecular weight is 395 g/mol. The predicted molar refractivity (Wildman–Crippen MR) is 122 cm³/mol. The number of piperidine rings is 1. The Kier molecular flexibility index (Phi) is 4.95. The summed E-state index contributed by atoms with van der Waals surface area (Å²) in [6.07, 6.45) is 3.82. The van der Waals surface area contributed by atoms with Crippen LogP contribution in [0.3, 0.4) is 0 Å². The molecular formula is C28H28NO+. The minimum atomic E-state index is -1.22. The van der Waals surface area contributed by atoms with Gasteiger partial charge in [-0.1, -0.05) is 84.8 Å². The van der Waals surface area contributed by atoms with Gasteiger partial charge in [-0.3, -0.25) is 0 Å². The lowest BCUT2D eigenvalue weighted by Gasteiger charge is -2.40. The number of aliphatic hydroxyl groups is 1. The van der Waals surface area contributed by atoms with Gasteiger partial charge in [0.1, 0.15) is 13.1 Å². The Bertz CT molecular complexity index is 1050. The fourth-order valence-corrected chi connectivity index (χ4v) is 5.21. The van der Waals surface area contributed by atoms with E-state index in [-0.39, 0.29) is 0 Å². The monoisotopic (exact) mass is 394 g/mol. The van der Waals surface area contributed by atoms with Gasteiger partial charge >= 0.3 is 0 Å². The molecular weight excluding hydrogens is 366 g/mol. The second-order valence-corrected chi connectivity index (χ2v) is 8.75. The van der Waals surface area contributed by atoms with Crippen molar-refractivity contribution in [2.75, 3.05) is 19.6 Å². The number of fused-ring (bicyclic) bond motifs is 3. The second-order valence-electron chi connectivity index (χ2n) is 8.75. The largest absolute Gasteiger partial charge is 0.369 e. The van der Waals surface area contributed by atoms with Crippen molar-refractivity contribution in [2.45, 2.75) is 31.4 Å². The fourth-order valence-electron chi connectivity index (χ4n) is 5.21. The van der Waals surface area contributed by atoms with Gasteiger partial charge in [0.25, 0.3) is 0 Å². The summed E-state index contributed by atoms with van der Waals surface area (Å²) in [5, 5.41) is 11.7. The van der Waals surface area contributed by atoms with Gasteiger partial charge < -0.3 is 9.59 Å². The Morgan fingerprint density at radius 3 is 1.93 bits per heavy atom. The van der Waals surface area contributed by atoms with Gasteiger partial charge in [-0.25, -0.2) is 0 Å². The zero-order chi connectivity index (χ0) is 20.4. The van der Waals surface area contributed by atoms with Crippen LogP contribution in [0, 0.1) is 11.8 Å². The minimum Gasteiger partial charge on any atom is -0.369 e. The van der Waals surface area contributed by atoms with Crippen LogP contribution in [0.5, 0.6) is 0 Å². The van der Waals surface area contributed by atoms with E-state index < -0.39 is 5.60 Å². The highest BCUT2D eigenvalue weighted by Gasteiger charge is 2.40. The fraction of sp³-hybridized carbons (Fsp3) is 0.286. The third-order valence-corrected chi connectivity index (χ3v) is 6.73. The molecule has 2 heteroatoms. The molecule has 5 rings (SSSR count). The molecule has 0 spiro atoms. The quantitative estimate of drug-likeness (QED) is 0.484. The van der Waals surface area contributed by atoms with E-state index in [0.29, 0.717) is 0 Å².